The highest BCUT2D eigenvalue weighted by Gasteiger charge is 2.25. The molecule has 0 bridgehead atoms. The molecule has 0 unspecified atom stereocenters. The third-order valence-electron chi connectivity index (χ3n) is 4.62. The van der Waals surface area contributed by atoms with Gasteiger partial charge in [0.15, 0.2) is 0 Å². The maximum atomic E-state index is 12.4. The lowest BCUT2D eigenvalue weighted by Gasteiger charge is -2.22. The van der Waals surface area contributed by atoms with E-state index in [0.29, 0.717) is 6.61 Å². The van der Waals surface area contributed by atoms with Gasteiger partial charge in [-0.05, 0) is 42.7 Å². The first-order valence-electron chi connectivity index (χ1n) is 9.51. The lowest BCUT2D eigenvalue weighted by atomic mass is 9.84. The number of hydrogen-bond acceptors (Lipinski definition) is 4. The van der Waals surface area contributed by atoms with Gasteiger partial charge in [0, 0.05) is 0 Å². The Morgan fingerprint density at radius 3 is 2.15 bits per heavy atom. The third-order valence-corrected chi connectivity index (χ3v) is 6.05. The summed E-state index contributed by atoms with van der Waals surface area (Å²) in [5.74, 6) is 0.732. The van der Waals surface area contributed by atoms with Crippen molar-refractivity contribution in [3.63, 3.8) is 0 Å². The van der Waals surface area contributed by atoms with Crippen LogP contribution in [-0.4, -0.2) is 19.8 Å². The van der Waals surface area contributed by atoms with Crippen molar-refractivity contribution in [3.8, 4) is 0 Å². The van der Waals surface area contributed by atoms with E-state index < -0.39 is 7.82 Å². The van der Waals surface area contributed by atoms with Crippen LogP contribution in [0.15, 0.2) is 49.6 Å². The number of rotatable bonds is 12. The Balaban J connectivity index is 1.76. The van der Waals surface area contributed by atoms with Gasteiger partial charge >= 0.3 is 7.82 Å². The predicted molar refractivity (Wildman–Crippen MR) is 106 cm³/mol. The van der Waals surface area contributed by atoms with Crippen molar-refractivity contribution >= 4 is 7.82 Å². The molecule has 1 aliphatic rings. The summed E-state index contributed by atoms with van der Waals surface area (Å²) in [5, 5.41) is 0. The fourth-order valence-corrected chi connectivity index (χ4v) is 4.40. The molecule has 0 spiro atoms. The molecule has 0 N–H and O–H groups in total. The molecule has 1 aromatic rings. The SMILES string of the molecule is C=CCOP(=O)(OCC=C)OCCCc1ccc(C2CCCCC2)cc1. The van der Waals surface area contributed by atoms with Crippen molar-refractivity contribution < 1.29 is 18.1 Å². The van der Waals surface area contributed by atoms with Gasteiger partial charge in [-0.1, -0.05) is 55.7 Å². The topological polar surface area (TPSA) is 44.8 Å². The van der Waals surface area contributed by atoms with Crippen LogP contribution in [0.1, 0.15) is 55.6 Å². The zero-order chi connectivity index (χ0) is 18.7. The van der Waals surface area contributed by atoms with Crippen LogP contribution < -0.4 is 0 Å². The molecule has 5 heteroatoms. The highest BCUT2D eigenvalue weighted by atomic mass is 31.2. The molecular formula is C21H31O4P. The number of phosphoric acid groups is 1. The molecule has 26 heavy (non-hydrogen) atoms. The first-order chi connectivity index (χ1) is 12.7. The van der Waals surface area contributed by atoms with Gasteiger partial charge in [0.1, 0.15) is 0 Å². The first-order valence-corrected chi connectivity index (χ1v) is 11.0. The number of phosphoric ester groups is 1. The van der Waals surface area contributed by atoms with E-state index in [1.54, 1.807) is 0 Å². The summed E-state index contributed by atoms with van der Waals surface area (Å²) in [6.45, 7) is 7.65. The van der Waals surface area contributed by atoms with Gasteiger partial charge in [-0.2, -0.15) is 0 Å². The second-order valence-corrected chi connectivity index (χ2v) is 8.30. The molecule has 0 amide bonds. The summed E-state index contributed by atoms with van der Waals surface area (Å²) in [7, 11) is -3.54. The van der Waals surface area contributed by atoms with Crippen LogP contribution >= 0.6 is 7.82 Å². The lowest BCUT2D eigenvalue weighted by Crippen LogP contribution is -2.05. The van der Waals surface area contributed by atoms with Crippen molar-refractivity contribution in [2.24, 2.45) is 0 Å². The Hall–Kier alpha value is -1.19. The second kappa shape index (κ2) is 11.5. The molecule has 0 aliphatic heterocycles. The van der Waals surface area contributed by atoms with Crippen molar-refractivity contribution in [3.05, 3.63) is 60.7 Å². The van der Waals surface area contributed by atoms with Gasteiger partial charge in [-0.3, -0.25) is 13.6 Å². The van der Waals surface area contributed by atoms with Crippen LogP contribution in [0, 0.1) is 0 Å². The van der Waals surface area contributed by atoms with Gasteiger partial charge in [-0.15, -0.1) is 13.2 Å². The molecular weight excluding hydrogens is 347 g/mol. The maximum absolute atomic E-state index is 12.4. The Labute approximate surface area is 157 Å². The van der Waals surface area contributed by atoms with Crippen molar-refractivity contribution in [1.82, 2.24) is 0 Å². The van der Waals surface area contributed by atoms with Crippen LogP contribution in [0.3, 0.4) is 0 Å². The maximum Gasteiger partial charge on any atom is 0.475 e. The molecule has 1 aromatic carbocycles. The fourth-order valence-electron chi connectivity index (χ4n) is 3.24. The van der Waals surface area contributed by atoms with Crippen LogP contribution in [0.5, 0.6) is 0 Å². The van der Waals surface area contributed by atoms with E-state index in [2.05, 4.69) is 37.4 Å². The Morgan fingerprint density at radius 2 is 1.58 bits per heavy atom. The summed E-state index contributed by atoms with van der Waals surface area (Å²) in [5.41, 5.74) is 2.73. The Bertz CT molecular complexity index is 575. The number of aryl methyl sites for hydroxylation is 1. The van der Waals surface area contributed by atoms with Crippen molar-refractivity contribution in [2.75, 3.05) is 19.8 Å². The summed E-state index contributed by atoms with van der Waals surface area (Å²) in [4.78, 5) is 0. The number of benzene rings is 1. The van der Waals surface area contributed by atoms with Crippen LogP contribution in [0.4, 0.5) is 0 Å². The molecule has 1 fully saturated rings. The zero-order valence-corrected chi connectivity index (χ0v) is 16.5. The zero-order valence-electron chi connectivity index (χ0n) is 15.6. The van der Waals surface area contributed by atoms with Crippen molar-refractivity contribution in [1.29, 1.82) is 0 Å². The van der Waals surface area contributed by atoms with E-state index in [0.717, 1.165) is 18.8 Å². The normalized spacial score (nSPS) is 15.7. The molecule has 0 atom stereocenters. The molecule has 0 radical (unpaired) electrons. The van der Waals surface area contributed by atoms with Crippen LogP contribution in [0.2, 0.25) is 0 Å². The molecule has 4 nitrogen and oxygen atoms in total. The molecule has 2 rings (SSSR count). The Morgan fingerprint density at radius 1 is 0.962 bits per heavy atom. The average molecular weight is 378 g/mol. The van der Waals surface area contributed by atoms with Crippen LogP contribution in [-0.2, 0) is 24.6 Å². The van der Waals surface area contributed by atoms with E-state index in [1.807, 2.05) is 0 Å². The van der Waals surface area contributed by atoms with Gasteiger partial charge in [0.25, 0.3) is 0 Å². The summed E-state index contributed by atoms with van der Waals surface area (Å²) >= 11 is 0. The third kappa shape index (κ3) is 7.20. The predicted octanol–water partition coefficient (Wildman–Crippen LogP) is 6.20. The number of hydrogen-bond donors (Lipinski definition) is 0. The summed E-state index contributed by atoms with van der Waals surface area (Å²) < 4.78 is 28.1. The summed E-state index contributed by atoms with van der Waals surface area (Å²) in [6.07, 6.45) is 11.4. The highest BCUT2D eigenvalue weighted by Crippen LogP contribution is 2.49. The van der Waals surface area contributed by atoms with Crippen LogP contribution in [0.25, 0.3) is 0 Å². The highest BCUT2D eigenvalue weighted by molar-refractivity contribution is 7.48. The van der Waals surface area contributed by atoms with Gasteiger partial charge in [-0.25, -0.2) is 4.57 Å². The molecule has 144 valence electrons. The van der Waals surface area contributed by atoms with Gasteiger partial charge < -0.3 is 0 Å². The standard InChI is InChI=1S/C21H31O4P/c1-3-16-23-26(22,24-17-4-2)25-18-8-9-19-12-14-21(15-13-19)20-10-6-5-7-11-20/h3-4,12-15,20H,1-2,5-11,16-18H2. The van der Waals surface area contributed by atoms with E-state index in [9.17, 15) is 4.57 Å². The quantitative estimate of drug-likeness (QED) is 0.247. The molecule has 0 aromatic heterocycles. The first kappa shape index (κ1) is 21.1. The lowest BCUT2D eigenvalue weighted by molar-refractivity contribution is 0.130. The monoisotopic (exact) mass is 378 g/mol. The smallest absolute Gasteiger partial charge is 0.287 e. The van der Waals surface area contributed by atoms with E-state index in [4.69, 9.17) is 13.6 Å². The van der Waals surface area contributed by atoms with Crippen molar-refractivity contribution in [2.45, 2.75) is 50.9 Å². The largest absolute Gasteiger partial charge is 0.475 e. The summed E-state index contributed by atoms with van der Waals surface area (Å²) in [6, 6.07) is 8.92. The van der Waals surface area contributed by atoms with E-state index >= 15 is 0 Å². The minimum atomic E-state index is -3.54. The molecule has 1 aliphatic carbocycles. The molecule has 1 saturated carbocycles. The van der Waals surface area contributed by atoms with E-state index in [-0.39, 0.29) is 13.2 Å². The minimum absolute atomic E-state index is 0.122. The second-order valence-electron chi connectivity index (χ2n) is 6.63. The van der Waals surface area contributed by atoms with Gasteiger partial charge in [0.2, 0.25) is 0 Å². The average Bonchev–Trinajstić information content (AvgIpc) is 2.69. The fraction of sp³-hybridized carbons (Fsp3) is 0.524. The Kier molecular flexibility index (Phi) is 9.35. The molecule has 0 heterocycles. The van der Waals surface area contributed by atoms with E-state index in [1.165, 1.54) is 55.4 Å². The molecule has 0 saturated heterocycles. The minimum Gasteiger partial charge on any atom is -0.287 e. The van der Waals surface area contributed by atoms with Gasteiger partial charge in [0.05, 0.1) is 19.8 Å².